The number of carbonyl (C=O) groups is 1. The van der Waals surface area contributed by atoms with Gasteiger partial charge in [-0.25, -0.2) is 4.79 Å². The number of hydrogen-bond acceptors (Lipinski definition) is 6. The van der Waals surface area contributed by atoms with Crippen LogP contribution in [0.25, 0.3) is 0 Å². The zero-order chi connectivity index (χ0) is 10.6. The summed E-state index contributed by atoms with van der Waals surface area (Å²) in [4.78, 5) is 10.1. The fourth-order valence-electron chi connectivity index (χ4n) is 0.668. The second kappa shape index (κ2) is 9.76. The van der Waals surface area contributed by atoms with Crippen LogP contribution in [0.5, 0.6) is 0 Å². The molecule has 4 atom stereocenters. The molecule has 9 heteroatoms. The van der Waals surface area contributed by atoms with E-state index in [2.05, 4.69) is 0 Å². The molecule has 7 nitrogen and oxygen atoms in total. The summed E-state index contributed by atoms with van der Waals surface area (Å²) in [5.74, 6) is -1.73. The third-order valence-electron chi connectivity index (χ3n) is 1.51. The van der Waals surface area contributed by atoms with Gasteiger partial charge in [0.2, 0.25) is 0 Å². The second-order valence-corrected chi connectivity index (χ2v) is 2.51. The normalized spacial score (nSPS) is 17.7. The van der Waals surface area contributed by atoms with Crippen LogP contribution in [0.3, 0.4) is 0 Å². The van der Waals surface area contributed by atoms with Gasteiger partial charge < -0.3 is 30.6 Å². The van der Waals surface area contributed by atoms with Crippen LogP contribution in [0.15, 0.2) is 0 Å². The van der Waals surface area contributed by atoms with Crippen LogP contribution >= 0.6 is 0 Å². The van der Waals surface area contributed by atoms with Crippen LogP contribution in [-0.2, 0) is 21.9 Å². The SMILES string of the molecule is O=C(O)[C@H](O)[C@@H](O)[C@H](O)[C@H](O)CO.[Cu].[MgH2]. The topological polar surface area (TPSA) is 138 Å². The molecule has 0 bridgehead atoms. The zero-order valence-electron chi connectivity index (χ0n) is 6.91. The molecule has 0 unspecified atom stereocenters. The van der Waals surface area contributed by atoms with Crippen LogP contribution in [0.4, 0.5) is 0 Å². The van der Waals surface area contributed by atoms with E-state index in [1.165, 1.54) is 0 Å². The van der Waals surface area contributed by atoms with Crippen LogP contribution in [0, 0.1) is 0 Å². The molecule has 0 heterocycles. The first-order valence-corrected chi connectivity index (χ1v) is 3.47. The Morgan fingerprint density at radius 2 is 1.47 bits per heavy atom. The van der Waals surface area contributed by atoms with Crippen molar-refractivity contribution >= 4 is 29.0 Å². The fraction of sp³-hybridized carbons (Fsp3) is 0.833. The van der Waals surface area contributed by atoms with E-state index in [0.717, 1.165) is 0 Å². The van der Waals surface area contributed by atoms with Gasteiger partial charge in [-0.3, -0.25) is 0 Å². The van der Waals surface area contributed by atoms with Crippen molar-refractivity contribution in [3.8, 4) is 0 Å². The minimum atomic E-state index is -2.20. The third-order valence-corrected chi connectivity index (χ3v) is 1.51. The summed E-state index contributed by atoms with van der Waals surface area (Å²) in [7, 11) is 0. The Hall–Kier alpha value is 0.556. The fourth-order valence-corrected chi connectivity index (χ4v) is 0.668. The summed E-state index contributed by atoms with van der Waals surface area (Å²) in [6, 6.07) is 0. The molecular formula is C6H14CuMgO7. The maximum atomic E-state index is 10.1. The predicted molar refractivity (Wildman–Crippen MR) is 47.3 cm³/mol. The molecule has 0 aliphatic rings. The number of rotatable bonds is 5. The van der Waals surface area contributed by atoms with E-state index in [9.17, 15) is 4.79 Å². The van der Waals surface area contributed by atoms with Crippen molar-refractivity contribution in [3.05, 3.63) is 0 Å². The number of carboxylic acid groups (broad SMARTS) is 1. The van der Waals surface area contributed by atoms with Crippen LogP contribution in [0.2, 0.25) is 0 Å². The standard InChI is InChI=1S/C6H12O7.Cu.Mg.2H/c7-1-2(8)3(9)4(10)5(11)6(12)13;;;;/h2-5,7-11H,1H2,(H,12,13);;;;/t2-,3-,4+,5-;;;;/m1..../s1. The Labute approximate surface area is 112 Å². The molecule has 0 aromatic heterocycles. The third kappa shape index (κ3) is 6.66. The Kier molecular flexibility index (Phi) is 13.6. The van der Waals surface area contributed by atoms with Crippen molar-refractivity contribution in [2.75, 3.05) is 6.61 Å². The summed E-state index contributed by atoms with van der Waals surface area (Å²) in [6.45, 7) is -0.843. The Morgan fingerprint density at radius 1 is 1.07 bits per heavy atom. The molecule has 0 spiro atoms. The van der Waals surface area contributed by atoms with E-state index in [0.29, 0.717) is 0 Å². The Morgan fingerprint density at radius 3 is 1.73 bits per heavy atom. The minimum Gasteiger partial charge on any atom is -0.479 e. The van der Waals surface area contributed by atoms with Crippen LogP contribution < -0.4 is 0 Å². The first kappa shape index (κ1) is 20.9. The van der Waals surface area contributed by atoms with Gasteiger partial charge in [-0.2, -0.15) is 0 Å². The Balaban J connectivity index is -0.000000720. The van der Waals surface area contributed by atoms with Gasteiger partial charge in [0.05, 0.1) is 6.61 Å². The van der Waals surface area contributed by atoms with Gasteiger partial charge in [-0.05, 0) is 0 Å². The van der Waals surface area contributed by atoms with Gasteiger partial charge in [0.25, 0.3) is 0 Å². The summed E-state index contributed by atoms with van der Waals surface area (Å²) in [5.41, 5.74) is 0. The monoisotopic (exact) mass is 285 g/mol. The molecule has 1 radical (unpaired) electrons. The quantitative estimate of drug-likeness (QED) is 0.280. The number of aliphatic hydroxyl groups excluding tert-OH is 5. The van der Waals surface area contributed by atoms with Gasteiger partial charge in [-0.15, -0.1) is 0 Å². The number of hydrogen-bond donors (Lipinski definition) is 6. The summed E-state index contributed by atoms with van der Waals surface area (Å²) < 4.78 is 0. The maximum absolute atomic E-state index is 10.1. The largest absolute Gasteiger partial charge is 0.479 e. The van der Waals surface area contributed by atoms with Crippen molar-refractivity contribution in [2.45, 2.75) is 24.4 Å². The van der Waals surface area contributed by atoms with Gasteiger partial charge in [0.1, 0.15) is 18.3 Å². The van der Waals surface area contributed by atoms with Gasteiger partial charge in [0, 0.05) is 17.1 Å². The average Bonchev–Trinajstić information content (AvgIpc) is 2.12. The molecular weight excluding hydrogens is 272 g/mol. The summed E-state index contributed by atoms with van der Waals surface area (Å²) in [5, 5.41) is 51.8. The molecule has 0 aromatic rings. The zero-order valence-corrected chi connectivity index (χ0v) is 7.85. The summed E-state index contributed by atoms with van der Waals surface area (Å²) in [6.07, 6.45) is -7.84. The predicted octanol–water partition coefficient (Wildman–Crippen LogP) is -4.41. The minimum absolute atomic E-state index is 0. The Bertz CT molecular complexity index is 181. The molecule has 0 saturated carbocycles. The van der Waals surface area contributed by atoms with E-state index >= 15 is 0 Å². The van der Waals surface area contributed by atoms with Crippen molar-refractivity contribution in [3.63, 3.8) is 0 Å². The van der Waals surface area contributed by atoms with Crippen LogP contribution in [-0.4, -0.2) is 90.7 Å². The van der Waals surface area contributed by atoms with Gasteiger partial charge >= 0.3 is 29.0 Å². The van der Waals surface area contributed by atoms with Crippen LogP contribution in [0.1, 0.15) is 0 Å². The van der Waals surface area contributed by atoms with Gasteiger partial charge in [0.15, 0.2) is 6.10 Å². The second-order valence-electron chi connectivity index (χ2n) is 2.51. The van der Waals surface area contributed by atoms with E-state index in [1.807, 2.05) is 0 Å². The molecule has 0 aliphatic heterocycles. The smallest absolute Gasteiger partial charge is 0.335 e. The molecule has 0 fully saturated rings. The first-order valence-electron chi connectivity index (χ1n) is 3.47. The molecule has 0 amide bonds. The molecule has 15 heavy (non-hydrogen) atoms. The van der Waals surface area contributed by atoms with E-state index < -0.39 is 37.0 Å². The van der Waals surface area contributed by atoms with Gasteiger partial charge in [-0.1, -0.05) is 0 Å². The molecule has 0 rings (SSSR count). The molecule has 0 aromatic carbocycles. The number of aliphatic hydroxyl groups is 5. The van der Waals surface area contributed by atoms with E-state index in [-0.39, 0.29) is 40.1 Å². The van der Waals surface area contributed by atoms with E-state index in [1.54, 1.807) is 0 Å². The van der Waals surface area contributed by atoms with E-state index in [4.69, 9.17) is 30.6 Å². The molecule has 0 aliphatic carbocycles. The molecule has 93 valence electrons. The average molecular weight is 286 g/mol. The van der Waals surface area contributed by atoms with Crippen molar-refractivity contribution in [2.24, 2.45) is 0 Å². The first-order chi connectivity index (χ1) is 5.91. The maximum Gasteiger partial charge on any atom is 0.335 e. The number of carboxylic acids is 1. The number of aliphatic carboxylic acids is 1. The molecule has 6 N–H and O–H groups in total. The molecule has 0 saturated heterocycles. The summed E-state index contributed by atoms with van der Waals surface area (Å²) >= 11 is 0. The van der Waals surface area contributed by atoms with Crippen molar-refractivity contribution < 1.29 is 52.5 Å². The van der Waals surface area contributed by atoms with Crippen molar-refractivity contribution in [1.82, 2.24) is 0 Å². The van der Waals surface area contributed by atoms with Crippen molar-refractivity contribution in [1.29, 1.82) is 0 Å².